The van der Waals surface area contributed by atoms with Gasteiger partial charge in [-0.05, 0) is 73.4 Å². The molecule has 2 aliphatic heterocycles. The summed E-state index contributed by atoms with van der Waals surface area (Å²) in [7, 11) is -1.82. The molecule has 1 saturated heterocycles. The van der Waals surface area contributed by atoms with E-state index in [0.717, 1.165) is 6.42 Å². The number of imide groups is 1. The van der Waals surface area contributed by atoms with Crippen LogP contribution in [0.5, 0.6) is 0 Å². The molecule has 1 aromatic rings. The summed E-state index contributed by atoms with van der Waals surface area (Å²) in [6.45, 7) is 14.1. The van der Waals surface area contributed by atoms with Crippen LogP contribution in [-0.2, 0) is 20.3 Å². The van der Waals surface area contributed by atoms with E-state index in [1.54, 1.807) is 24.3 Å². The van der Waals surface area contributed by atoms with Crippen molar-refractivity contribution in [2.75, 3.05) is 6.54 Å². The van der Waals surface area contributed by atoms with Crippen molar-refractivity contribution in [3.8, 4) is 0 Å². The van der Waals surface area contributed by atoms with Gasteiger partial charge in [-0.15, -0.1) is 0 Å². The molecule has 0 unspecified atom stereocenters. The molecule has 0 saturated carbocycles. The Bertz CT molecular complexity index is 861. The van der Waals surface area contributed by atoms with Gasteiger partial charge in [0.1, 0.15) is 0 Å². The summed E-state index contributed by atoms with van der Waals surface area (Å²) in [5, 5.41) is 0. The largest absolute Gasteiger partial charge is 0.477 e. The lowest BCUT2D eigenvalue weighted by molar-refractivity contribution is 0.00578. The number of carbonyl (C=O) groups excluding carboxylic acids is 2. The van der Waals surface area contributed by atoms with Gasteiger partial charge in [0.15, 0.2) is 0 Å². The SMILES string of the molecule is CC(C)(C)[S@@](=O)N[C@@H](CCCCN1C(=O)c2ccccc2C1=O)B1OC(C)(C)C(C)(C)O1. The molecule has 0 radical (unpaired) electrons. The van der Waals surface area contributed by atoms with Crippen molar-refractivity contribution in [1.29, 1.82) is 0 Å². The van der Waals surface area contributed by atoms with Crippen molar-refractivity contribution >= 4 is 29.9 Å². The lowest BCUT2D eigenvalue weighted by Crippen LogP contribution is -2.49. The second kappa shape index (κ2) is 9.01. The summed E-state index contributed by atoms with van der Waals surface area (Å²) in [5.74, 6) is -0.751. The highest BCUT2D eigenvalue weighted by Crippen LogP contribution is 2.38. The smallest absolute Gasteiger partial charge is 0.402 e. The van der Waals surface area contributed by atoms with Crippen molar-refractivity contribution in [2.24, 2.45) is 0 Å². The first kappa shape index (κ1) is 25.1. The normalized spacial score (nSPS) is 21.7. The molecule has 7 nitrogen and oxygen atoms in total. The Labute approximate surface area is 194 Å². The molecule has 2 heterocycles. The van der Waals surface area contributed by atoms with E-state index in [9.17, 15) is 13.8 Å². The molecule has 0 spiro atoms. The molecule has 32 heavy (non-hydrogen) atoms. The van der Waals surface area contributed by atoms with E-state index in [1.165, 1.54) is 4.90 Å². The molecule has 0 bridgehead atoms. The number of unbranched alkanes of at least 4 members (excludes halogenated alkanes) is 1. The minimum atomic E-state index is -1.29. The summed E-state index contributed by atoms with van der Waals surface area (Å²) in [6.07, 6.45) is 2.00. The maximum absolute atomic E-state index is 12.8. The molecule has 2 aliphatic rings. The molecule has 0 aliphatic carbocycles. The van der Waals surface area contributed by atoms with E-state index in [0.29, 0.717) is 30.5 Å². The van der Waals surface area contributed by atoms with Crippen molar-refractivity contribution in [3.63, 3.8) is 0 Å². The monoisotopic (exact) mass is 462 g/mol. The number of hydrogen-bond acceptors (Lipinski definition) is 5. The zero-order chi connectivity index (χ0) is 23.9. The number of benzene rings is 1. The fourth-order valence-electron chi connectivity index (χ4n) is 3.69. The summed E-state index contributed by atoms with van der Waals surface area (Å²) < 4.78 is 28.0. The number of nitrogens with one attached hydrogen (secondary N) is 1. The van der Waals surface area contributed by atoms with Gasteiger partial charge in [0.2, 0.25) is 0 Å². The van der Waals surface area contributed by atoms with E-state index >= 15 is 0 Å². The predicted molar refractivity (Wildman–Crippen MR) is 127 cm³/mol. The Kier molecular flexibility index (Phi) is 7.06. The van der Waals surface area contributed by atoms with Crippen LogP contribution in [-0.4, -0.2) is 56.5 Å². The molecule has 176 valence electrons. The molecule has 1 N–H and O–H groups in total. The minimum Gasteiger partial charge on any atom is -0.402 e. The standard InChI is InChI=1S/C23H35BN2O5S/c1-21(2,3)32(29)25-18(24-30-22(4,5)23(6,7)31-24)14-10-11-15-26-19(27)16-12-8-9-13-17(16)20(26)28/h8-9,12-13,18,25H,10-11,14-15H2,1-7H3/t18-,32+/m0/s1. The van der Waals surface area contributed by atoms with Gasteiger partial charge in [0, 0.05) is 6.54 Å². The molecule has 0 aromatic heterocycles. The molecule has 1 aromatic carbocycles. The van der Waals surface area contributed by atoms with Crippen LogP contribution in [0.1, 0.15) is 88.4 Å². The van der Waals surface area contributed by atoms with Crippen molar-refractivity contribution < 1.29 is 23.1 Å². The quantitative estimate of drug-likeness (QED) is 0.363. The van der Waals surface area contributed by atoms with Crippen molar-refractivity contribution in [2.45, 2.75) is 89.6 Å². The third-order valence-electron chi connectivity index (χ3n) is 6.44. The van der Waals surface area contributed by atoms with Gasteiger partial charge in [0.25, 0.3) is 11.8 Å². The topological polar surface area (TPSA) is 84.9 Å². The number of carbonyl (C=O) groups is 2. The van der Waals surface area contributed by atoms with Gasteiger partial charge in [0.05, 0.1) is 44.0 Å². The van der Waals surface area contributed by atoms with Gasteiger partial charge in [-0.2, -0.15) is 0 Å². The van der Waals surface area contributed by atoms with E-state index in [-0.39, 0.29) is 17.8 Å². The van der Waals surface area contributed by atoms with Crippen LogP contribution in [0.15, 0.2) is 24.3 Å². The Balaban J connectivity index is 1.62. The number of nitrogens with zero attached hydrogens (tertiary/aromatic N) is 1. The van der Waals surface area contributed by atoms with Crippen LogP contribution in [0.2, 0.25) is 0 Å². The molecule has 9 heteroatoms. The van der Waals surface area contributed by atoms with Gasteiger partial charge in [-0.25, -0.2) is 8.93 Å². The first-order valence-electron chi connectivity index (χ1n) is 11.2. The van der Waals surface area contributed by atoms with Crippen LogP contribution in [0, 0.1) is 0 Å². The Morgan fingerprint density at radius 2 is 1.50 bits per heavy atom. The zero-order valence-corrected chi connectivity index (χ0v) is 21.0. The van der Waals surface area contributed by atoms with E-state index < -0.39 is 34.1 Å². The lowest BCUT2D eigenvalue weighted by Gasteiger charge is -2.32. The summed E-state index contributed by atoms with van der Waals surface area (Å²) in [4.78, 5) is 26.4. The second-order valence-corrected chi connectivity index (χ2v) is 12.5. The lowest BCUT2D eigenvalue weighted by atomic mass is 9.76. The molecular formula is C23H35BN2O5S. The van der Waals surface area contributed by atoms with Crippen LogP contribution in [0.25, 0.3) is 0 Å². The number of rotatable bonds is 8. The second-order valence-electron chi connectivity index (χ2n) is 10.5. The Morgan fingerprint density at radius 3 is 1.97 bits per heavy atom. The number of fused-ring (bicyclic) bond motifs is 1. The first-order valence-corrected chi connectivity index (χ1v) is 12.4. The van der Waals surface area contributed by atoms with Gasteiger partial charge in [-0.1, -0.05) is 18.6 Å². The molecule has 2 atom stereocenters. The summed E-state index contributed by atoms with van der Waals surface area (Å²) >= 11 is 0. The summed E-state index contributed by atoms with van der Waals surface area (Å²) in [5.41, 5.74) is -0.0354. The Hall–Kier alpha value is -1.55. The molecule has 1 fully saturated rings. The maximum atomic E-state index is 12.8. The number of amides is 2. The van der Waals surface area contributed by atoms with Gasteiger partial charge < -0.3 is 9.31 Å². The molecular weight excluding hydrogens is 427 g/mol. The molecule has 3 rings (SSSR count). The third kappa shape index (κ3) is 5.01. The molecule has 2 amide bonds. The minimum absolute atomic E-state index is 0.236. The summed E-state index contributed by atoms with van der Waals surface area (Å²) in [6, 6.07) is 6.92. The maximum Gasteiger partial charge on any atom is 0.477 e. The van der Waals surface area contributed by atoms with Crippen LogP contribution >= 0.6 is 0 Å². The van der Waals surface area contributed by atoms with Gasteiger partial charge in [-0.3, -0.25) is 14.5 Å². The van der Waals surface area contributed by atoms with Gasteiger partial charge >= 0.3 is 7.12 Å². The fourth-order valence-corrected chi connectivity index (χ4v) is 4.55. The van der Waals surface area contributed by atoms with Crippen molar-refractivity contribution in [1.82, 2.24) is 9.62 Å². The first-order chi connectivity index (χ1) is 14.7. The number of hydrogen-bond donors (Lipinski definition) is 1. The van der Waals surface area contributed by atoms with Crippen LogP contribution in [0.4, 0.5) is 0 Å². The van der Waals surface area contributed by atoms with E-state index in [1.807, 2.05) is 48.5 Å². The Morgan fingerprint density at radius 1 is 1.00 bits per heavy atom. The van der Waals surface area contributed by atoms with Crippen molar-refractivity contribution in [3.05, 3.63) is 35.4 Å². The highest BCUT2D eigenvalue weighted by atomic mass is 32.2. The van der Waals surface area contributed by atoms with E-state index in [2.05, 4.69) is 4.72 Å². The highest BCUT2D eigenvalue weighted by Gasteiger charge is 2.54. The average molecular weight is 462 g/mol. The zero-order valence-electron chi connectivity index (χ0n) is 20.2. The van der Waals surface area contributed by atoms with Crippen LogP contribution in [0.3, 0.4) is 0 Å². The van der Waals surface area contributed by atoms with E-state index in [4.69, 9.17) is 9.31 Å². The predicted octanol–water partition coefficient (Wildman–Crippen LogP) is 3.50. The van der Waals surface area contributed by atoms with Crippen LogP contribution < -0.4 is 4.72 Å². The third-order valence-corrected chi connectivity index (χ3v) is 8.07. The fraction of sp³-hybridized carbons (Fsp3) is 0.652. The average Bonchev–Trinajstić information content (AvgIpc) is 3.06. The highest BCUT2D eigenvalue weighted by molar-refractivity contribution is 7.84.